The second-order valence-corrected chi connectivity index (χ2v) is 7.55. The molecule has 3 nitrogen and oxygen atoms in total. The quantitative estimate of drug-likeness (QED) is 0.495. The molecule has 0 amide bonds. The van der Waals surface area contributed by atoms with Crippen LogP contribution in [0.2, 0.25) is 5.02 Å². The van der Waals surface area contributed by atoms with E-state index < -0.39 is 0 Å². The molecule has 0 aliphatic carbocycles. The number of aryl methyl sites for hydroxylation is 2. The standard InChI is InChI=1S/C20H20BrClN2O/c1-13(6-7-15-4-3-5-18(22)12-15)23-19-14(2)24-25-20(19)16-8-10-17(21)11-9-16/h3-5,8-13,23H,6-7H2,1-2H3. The third-order valence-corrected chi connectivity index (χ3v) is 4.88. The zero-order valence-corrected chi connectivity index (χ0v) is 16.6. The SMILES string of the molecule is Cc1noc(-c2ccc(Br)cc2)c1NC(C)CCc1cccc(Cl)c1. The summed E-state index contributed by atoms with van der Waals surface area (Å²) in [6.45, 7) is 4.13. The van der Waals surface area contributed by atoms with Gasteiger partial charge in [-0.25, -0.2) is 0 Å². The Kier molecular flexibility index (Phi) is 5.82. The Labute approximate surface area is 161 Å². The molecular weight excluding hydrogens is 400 g/mol. The fraction of sp³-hybridized carbons (Fsp3) is 0.250. The highest BCUT2D eigenvalue weighted by Crippen LogP contribution is 2.32. The molecule has 0 bridgehead atoms. The molecule has 2 aromatic carbocycles. The molecule has 3 rings (SSSR count). The van der Waals surface area contributed by atoms with Gasteiger partial charge in [0, 0.05) is 21.1 Å². The molecule has 25 heavy (non-hydrogen) atoms. The predicted molar refractivity (Wildman–Crippen MR) is 107 cm³/mol. The lowest BCUT2D eigenvalue weighted by atomic mass is 10.1. The molecule has 130 valence electrons. The largest absolute Gasteiger partial charge is 0.378 e. The van der Waals surface area contributed by atoms with E-state index in [1.54, 1.807) is 0 Å². The average molecular weight is 420 g/mol. The molecule has 0 aliphatic rings. The van der Waals surface area contributed by atoms with Gasteiger partial charge in [0.15, 0.2) is 5.76 Å². The molecule has 1 unspecified atom stereocenters. The summed E-state index contributed by atoms with van der Waals surface area (Å²) in [4.78, 5) is 0. The van der Waals surface area contributed by atoms with Crippen LogP contribution in [0.4, 0.5) is 5.69 Å². The highest BCUT2D eigenvalue weighted by atomic mass is 79.9. The summed E-state index contributed by atoms with van der Waals surface area (Å²) in [5.41, 5.74) is 4.08. The van der Waals surface area contributed by atoms with E-state index in [9.17, 15) is 0 Å². The maximum atomic E-state index is 6.06. The molecule has 0 fully saturated rings. The highest BCUT2D eigenvalue weighted by Gasteiger charge is 2.17. The lowest BCUT2D eigenvalue weighted by Gasteiger charge is -2.15. The van der Waals surface area contributed by atoms with Crippen LogP contribution in [-0.2, 0) is 6.42 Å². The van der Waals surface area contributed by atoms with Crippen LogP contribution < -0.4 is 5.32 Å². The smallest absolute Gasteiger partial charge is 0.190 e. The topological polar surface area (TPSA) is 38.1 Å². The van der Waals surface area contributed by atoms with Crippen molar-refractivity contribution in [1.82, 2.24) is 5.16 Å². The van der Waals surface area contributed by atoms with Crippen LogP contribution in [0.1, 0.15) is 24.6 Å². The number of anilines is 1. The zero-order valence-electron chi connectivity index (χ0n) is 14.2. The van der Waals surface area contributed by atoms with E-state index in [2.05, 4.69) is 39.4 Å². The first kappa shape index (κ1) is 18.0. The summed E-state index contributed by atoms with van der Waals surface area (Å²) in [5.74, 6) is 0.777. The van der Waals surface area contributed by atoms with Crippen molar-refractivity contribution in [2.24, 2.45) is 0 Å². The van der Waals surface area contributed by atoms with Gasteiger partial charge < -0.3 is 9.84 Å². The first-order valence-electron chi connectivity index (χ1n) is 8.26. The molecule has 1 aromatic heterocycles. The van der Waals surface area contributed by atoms with Crippen molar-refractivity contribution < 1.29 is 4.52 Å². The molecule has 0 saturated carbocycles. The summed E-state index contributed by atoms with van der Waals surface area (Å²) in [5, 5.41) is 8.47. The van der Waals surface area contributed by atoms with Gasteiger partial charge in [0.2, 0.25) is 0 Å². The second-order valence-electron chi connectivity index (χ2n) is 6.19. The minimum Gasteiger partial charge on any atom is -0.378 e. The normalized spacial score (nSPS) is 12.2. The summed E-state index contributed by atoms with van der Waals surface area (Å²) in [6, 6.07) is 16.3. The maximum Gasteiger partial charge on any atom is 0.190 e. The van der Waals surface area contributed by atoms with Crippen LogP contribution in [0.3, 0.4) is 0 Å². The number of hydrogen-bond acceptors (Lipinski definition) is 3. The summed E-state index contributed by atoms with van der Waals surface area (Å²) in [6.07, 6.45) is 1.96. The fourth-order valence-corrected chi connectivity index (χ4v) is 3.21. The van der Waals surface area contributed by atoms with Gasteiger partial charge in [-0.2, -0.15) is 0 Å². The number of hydrogen-bond donors (Lipinski definition) is 1. The fourth-order valence-electron chi connectivity index (χ4n) is 2.73. The highest BCUT2D eigenvalue weighted by molar-refractivity contribution is 9.10. The van der Waals surface area contributed by atoms with Gasteiger partial charge in [-0.3, -0.25) is 0 Å². The van der Waals surface area contributed by atoms with Crippen molar-refractivity contribution in [3.8, 4) is 11.3 Å². The van der Waals surface area contributed by atoms with Crippen LogP contribution in [0, 0.1) is 6.92 Å². The van der Waals surface area contributed by atoms with Crippen molar-refractivity contribution in [2.45, 2.75) is 32.7 Å². The van der Waals surface area contributed by atoms with Crippen molar-refractivity contribution in [3.63, 3.8) is 0 Å². The Morgan fingerprint density at radius 3 is 2.68 bits per heavy atom. The second kappa shape index (κ2) is 8.07. The Hall–Kier alpha value is -1.78. The van der Waals surface area contributed by atoms with Crippen LogP contribution in [0.5, 0.6) is 0 Å². The monoisotopic (exact) mass is 418 g/mol. The zero-order chi connectivity index (χ0) is 17.8. The number of benzene rings is 2. The molecule has 0 radical (unpaired) electrons. The van der Waals surface area contributed by atoms with E-state index >= 15 is 0 Å². The van der Waals surface area contributed by atoms with Gasteiger partial charge in [-0.05, 0) is 68.7 Å². The molecule has 0 saturated heterocycles. The first-order chi connectivity index (χ1) is 12.0. The van der Waals surface area contributed by atoms with Gasteiger partial charge in [-0.1, -0.05) is 44.8 Å². The molecule has 1 N–H and O–H groups in total. The molecule has 5 heteroatoms. The number of nitrogens with one attached hydrogen (secondary N) is 1. The lowest BCUT2D eigenvalue weighted by molar-refractivity contribution is 0.427. The predicted octanol–water partition coefficient (Wildman–Crippen LogP) is 6.50. The molecule has 1 heterocycles. The van der Waals surface area contributed by atoms with Crippen LogP contribution in [0.25, 0.3) is 11.3 Å². The molecule has 0 spiro atoms. The average Bonchev–Trinajstić information content (AvgIpc) is 2.95. The third-order valence-electron chi connectivity index (χ3n) is 4.11. The van der Waals surface area contributed by atoms with E-state index in [0.29, 0.717) is 0 Å². The van der Waals surface area contributed by atoms with Gasteiger partial charge in [-0.15, -0.1) is 0 Å². The van der Waals surface area contributed by atoms with Gasteiger partial charge in [0.05, 0.1) is 0 Å². The first-order valence-corrected chi connectivity index (χ1v) is 9.43. The van der Waals surface area contributed by atoms with E-state index in [1.165, 1.54) is 5.56 Å². The summed E-state index contributed by atoms with van der Waals surface area (Å²) < 4.78 is 6.59. The maximum absolute atomic E-state index is 6.06. The Bertz CT molecular complexity index is 845. The number of rotatable bonds is 6. The molecule has 0 aliphatic heterocycles. The van der Waals surface area contributed by atoms with Gasteiger partial charge in [0.25, 0.3) is 0 Å². The number of nitrogens with zero attached hydrogens (tertiary/aromatic N) is 1. The Balaban J connectivity index is 1.70. The van der Waals surface area contributed by atoms with Crippen LogP contribution >= 0.6 is 27.5 Å². The Morgan fingerprint density at radius 1 is 1.20 bits per heavy atom. The minimum atomic E-state index is 0.284. The van der Waals surface area contributed by atoms with Crippen LogP contribution in [-0.4, -0.2) is 11.2 Å². The molecule has 3 aromatic rings. The molecule has 1 atom stereocenters. The summed E-state index contributed by atoms with van der Waals surface area (Å²) in [7, 11) is 0. The van der Waals surface area contributed by atoms with E-state index in [1.807, 2.05) is 49.4 Å². The molecular formula is C20H20BrClN2O. The number of aromatic nitrogens is 1. The summed E-state index contributed by atoms with van der Waals surface area (Å²) >= 11 is 9.51. The van der Waals surface area contributed by atoms with Crippen molar-refractivity contribution in [3.05, 3.63) is 69.3 Å². The minimum absolute atomic E-state index is 0.284. The number of halogens is 2. The van der Waals surface area contributed by atoms with Crippen molar-refractivity contribution in [2.75, 3.05) is 5.32 Å². The van der Waals surface area contributed by atoms with E-state index in [0.717, 1.165) is 45.0 Å². The lowest BCUT2D eigenvalue weighted by Crippen LogP contribution is -2.16. The van der Waals surface area contributed by atoms with Crippen LogP contribution in [0.15, 0.2) is 57.5 Å². The van der Waals surface area contributed by atoms with Crippen molar-refractivity contribution in [1.29, 1.82) is 0 Å². The van der Waals surface area contributed by atoms with E-state index in [-0.39, 0.29) is 6.04 Å². The van der Waals surface area contributed by atoms with Crippen molar-refractivity contribution >= 4 is 33.2 Å². The van der Waals surface area contributed by atoms with Gasteiger partial charge >= 0.3 is 0 Å². The van der Waals surface area contributed by atoms with Gasteiger partial charge in [0.1, 0.15) is 11.4 Å². The Morgan fingerprint density at radius 2 is 1.96 bits per heavy atom. The van der Waals surface area contributed by atoms with E-state index in [4.69, 9.17) is 16.1 Å². The third kappa shape index (κ3) is 4.65.